The molecule has 0 aliphatic rings. The van der Waals surface area contributed by atoms with Crippen molar-refractivity contribution < 1.29 is 9.90 Å². The summed E-state index contributed by atoms with van der Waals surface area (Å²) in [5.74, 6) is 0.112. The van der Waals surface area contributed by atoms with Crippen molar-refractivity contribution in [2.45, 2.75) is 6.42 Å². The van der Waals surface area contributed by atoms with E-state index in [2.05, 4.69) is 20.5 Å². The van der Waals surface area contributed by atoms with E-state index in [4.69, 9.17) is 5.73 Å². The van der Waals surface area contributed by atoms with Crippen molar-refractivity contribution in [2.24, 2.45) is 0 Å². The summed E-state index contributed by atoms with van der Waals surface area (Å²) in [5, 5.41) is 18.7. The molecule has 1 heterocycles. The fourth-order valence-electron chi connectivity index (χ4n) is 1.49. The molecule has 7 nitrogen and oxygen atoms in total. The molecule has 0 aliphatic carbocycles. The van der Waals surface area contributed by atoms with E-state index in [0.29, 0.717) is 18.8 Å². The topological polar surface area (TPSA) is 117 Å². The molecule has 0 fully saturated rings. The normalized spacial score (nSPS) is 10.2. The second-order valence-corrected chi connectivity index (χ2v) is 3.68. The standard InChI is InChI=1S/C11H13N5O2/c12-8-3-1-2-7(10(8)17)11(18)13-5-4-9-14-6-15-16-9/h1-3,6,17H,4-5,12H2,(H,13,18)(H,14,15,16). The van der Waals surface area contributed by atoms with Crippen molar-refractivity contribution in [1.29, 1.82) is 0 Å². The number of para-hydroxylation sites is 1. The van der Waals surface area contributed by atoms with Crippen LogP contribution in [0.4, 0.5) is 5.69 Å². The van der Waals surface area contributed by atoms with Crippen LogP contribution in [-0.4, -0.2) is 32.7 Å². The number of carbonyl (C=O) groups is 1. The van der Waals surface area contributed by atoms with E-state index in [1.165, 1.54) is 18.5 Å². The lowest BCUT2D eigenvalue weighted by molar-refractivity contribution is 0.0951. The molecule has 2 rings (SSSR count). The second-order valence-electron chi connectivity index (χ2n) is 3.68. The molecule has 0 saturated heterocycles. The Morgan fingerprint density at radius 1 is 1.50 bits per heavy atom. The van der Waals surface area contributed by atoms with Crippen LogP contribution >= 0.6 is 0 Å². The van der Waals surface area contributed by atoms with Crippen LogP contribution in [0.1, 0.15) is 16.2 Å². The number of anilines is 1. The molecule has 2 aromatic rings. The van der Waals surface area contributed by atoms with Gasteiger partial charge in [0, 0.05) is 13.0 Å². The molecule has 0 radical (unpaired) electrons. The first-order chi connectivity index (χ1) is 8.68. The fraction of sp³-hybridized carbons (Fsp3) is 0.182. The van der Waals surface area contributed by atoms with E-state index < -0.39 is 0 Å². The van der Waals surface area contributed by atoms with E-state index in [1.807, 2.05) is 0 Å². The van der Waals surface area contributed by atoms with Gasteiger partial charge in [-0.25, -0.2) is 4.98 Å². The van der Waals surface area contributed by atoms with Crippen LogP contribution in [0.3, 0.4) is 0 Å². The van der Waals surface area contributed by atoms with Crippen LogP contribution in [0.5, 0.6) is 5.75 Å². The number of phenols is 1. The summed E-state index contributed by atoms with van der Waals surface area (Å²) in [6.07, 6.45) is 1.94. The van der Waals surface area contributed by atoms with E-state index in [1.54, 1.807) is 6.07 Å². The number of H-pyrrole nitrogens is 1. The number of carbonyl (C=O) groups excluding carboxylic acids is 1. The summed E-state index contributed by atoms with van der Waals surface area (Å²) in [6, 6.07) is 4.65. The van der Waals surface area contributed by atoms with Gasteiger partial charge in [-0.15, -0.1) is 0 Å². The Morgan fingerprint density at radius 3 is 3.06 bits per heavy atom. The molecule has 1 aromatic heterocycles. The van der Waals surface area contributed by atoms with Crippen LogP contribution < -0.4 is 11.1 Å². The molecule has 0 saturated carbocycles. The maximum atomic E-state index is 11.8. The lowest BCUT2D eigenvalue weighted by Gasteiger charge is -2.07. The summed E-state index contributed by atoms with van der Waals surface area (Å²) in [7, 11) is 0. The summed E-state index contributed by atoms with van der Waals surface area (Å²) < 4.78 is 0. The number of nitrogen functional groups attached to an aromatic ring is 1. The Morgan fingerprint density at radius 2 is 2.33 bits per heavy atom. The summed E-state index contributed by atoms with van der Waals surface area (Å²) >= 11 is 0. The van der Waals surface area contributed by atoms with Crippen molar-refractivity contribution in [2.75, 3.05) is 12.3 Å². The largest absolute Gasteiger partial charge is 0.505 e. The lowest BCUT2D eigenvalue weighted by atomic mass is 10.1. The SMILES string of the molecule is Nc1cccc(C(=O)NCCc2ncn[nH]2)c1O. The minimum absolute atomic E-state index is 0.160. The van der Waals surface area contributed by atoms with Crippen molar-refractivity contribution >= 4 is 11.6 Å². The molecule has 0 unspecified atom stereocenters. The molecule has 0 aliphatic heterocycles. The maximum absolute atomic E-state index is 11.8. The number of hydrogen-bond acceptors (Lipinski definition) is 5. The molecule has 0 bridgehead atoms. The van der Waals surface area contributed by atoms with Crippen LogP contribution in [0.15, 0.2) is 24.5 Å². The van der Waals surface area contributed by atoms with Gasteiger partial charge in [0.25, 0.3) is 5.91 Å². The van der Waals surface area contributed by atoms with Gasteiger partial charge in [-0.05, 0) is 12.1 Å². The third kappa shape index (κ3) is 2.57. The zero-order valence-electron chi connectivity index (χ0n) is 9.55. The monoisotopic (exact) mass is 247 g/mol. The number of amides is 1. The Balaban J connectivity index is 1.93. The predicted octanol–water partition coefficient (Wildman–Crippen LogP) is 0.0650. The zero-order valence-corrected chi connectivity index (χ0v) is 9.55. The van der Waals surface area contributed by atoms with Gasteiger partial charge in [-0.2, -0.15) is 5.10 Å². The Hall–Kier alpha value is -2.57. The fourth-order valence-corrected chi connectivity index (χ4v) is 1.49. The summed E-state index contributed by atoms with van der Waals surface area (Å²) in [6.45, 7) is 0.391. The number of aromatic nitrogens is 3. The van der Waals surface area contributed by atoms with Gasteiger partial charge in [0.1, 0.15) is 12.2 Å². The molecule has 0 spiro atoms. The average molecular weight is 247 g/mol. The Bertz CT molecular complexity index is 538. The molecule has 1 aromatic carbocycles. The van der Waals surface area contributed by atoms with Gasteiger partial charge in [-0.1, -0.05) is 6.07 Å². The second kappa shape index (κ2) is 5.17. The highest BCUT2D eigenvalue weighted by molar-refractivity contribution is 5.98. The Labute approximate surface area is 103 Å². The van der Waals surface area contributed by atoms with Gasteiger partial charge in [0.05, 0.1) is 11.3 Å². The summed E-state index contributed by atoms with van der Waals surface area (Å²) in [4.78, 5) is 15.7. The van der Waals surface area contributed by atoms with E-state index in [-0.39, 0.29) is 22.9 Å². The summed E-state index contributed by atoms with van der Waals surface area (Å²) in [5.41, 5.74) is 5.85. The molecule has 94 valence electrons. The molecule has 7 heteroatoms. The number of nitrogens with one attached hydrogen (secondary N) is 2. The van der Waals surface area contributed by atoms with Crippen LogP contribution in [0.25, 0.3) is 0 Å². The molecule has 18 heavy (non-hydrogen) atoms. The number of aromatic hydroxyl groups is 1. The highest BCUT2D eigenvalue weighted by Crippen LogP contribution is 2.23. The number of phenolic OH excluding ortho intramolecular Hbond substituents is 1. The third-order valence-corrected chi connectivity index (χ3v) is 2.42. The van der Waals surface area contributed by atoms with Crippen LogP contribution in [0, 0.1) is 0 Å². The third-order valence-electron chi connectivity index (χ3n) is 2.42. The number of aromatic amines is 1. The van der Waals surface area contributed by atoms with E-state index in [9.17, 15) is 9.90 Å². The van der Waals surface area contributed by atoms with Gasteiger partial charge >= 0.3 is 0 Å². The first-order valence-corrected chi connectivity index (χ1v) is 5.38. The molecule has 5 N–H and O–H groups in total. The predicted molar refractivity (Wildman–Crippen MR) is 64.9 cm³/mol. The number of nitrogens with two attached hydrogens (primary N) is 1. The van der Waals surface area contributed by atoms with Gasteiger partial charge in [0.2, 0.25) is 0 Å². The highest BCUT2D eigenvalue weighted by Gasteiger charge is 2.12. The first-order valence-electron chi connectivity index (χ1n) is 5.38. The number of rotatable bonds is 4. The van der Waals surface area contributed by atoms with Crippen LogP contribution in [0.2, 0.25) is 0 Å². The zero-order chi connectivity index (χ0) is 13.0. The Kier molecular flexibility index (Phi) is 3.42. The minimum atomic E-state index is -0.376. The van der Waals surface area contributed by atoms with Crippen molar-refractivity contribution in [3.8, 4) is 5.75 Å². The smallest absolute Gasteiger partial charge is 0.255 e. The van der Waals surface area contributed by atoms with Crippen molar-refractivity contribution in [3.05, 3.63) is 35.9 Å². The van der Waals surface area contributed by atoms with Crippen molar-refractivity contribution in [3.63, 3.8) is 0 Å². The van der Waals surface area contributed by atoms with Gasteiger partial charge in [-0.3, -0.25) is 9.89 Å². The lowest BCUT2D eigenvalue weighted by Crippen LogP contribution is -2.26. The molecular weight excluding hydrogens is 234 g/mol. The molecular formula is C11H13N5O2. The maximum Gasteiger partial charge on any atom is 0.255 e. The average Bonchev–Trinajstić information content (AvgIpc) is 2.85. The van der Waals surface area contributed by atoms with Gasteiger partial charge in [0.15, 0.2) is 5.75 Å². The van der Waals surface area contributed by atoms with Crippen LogP contribution in [-0.2, 0) is 6.42 Å². The number of hydrogen-bond donors (Lipinski definition) is 4. The minimum Gasteiger partial charge on any atom is -0.505 e. The quantitative estimate of drug-likeness (QED) is 0.450. The highest BCUT2D eigenvalue weighted by atomic mass is 16.3. The first kappa shape index (κ1) is 11.9. The molecule has 0 atom stereocenters. The number of nitrogens with zero attached hydrogens (tertiary/aromatic N) is 2. The number of benzene rings is 1. The van der Waals surface area contributed by atoms with Gasteiger partial charge < -0.3 is 16.2 Å². The van der Waals surface area contributed by atoms with E-state index >= 15 is 0 Å². The van der Waals surface area contributed by atoms with E-state index in [0.717, 1.165) is 0 Å². The molecule has 1 amide bonds. The van der Waals surface area contributed by atoms with Crippen molar-refractivity contribution in [1.82, 2.24) is 20.5 Å².